The molecule has 0 aromatic carbocycles. The first-order valence-electron chi connectivity index (χ1n) is 3.77. The van der Waals surface area contributed by atoms with E-state index < -0.39 is 5.56 Å². The molecular formula is C6H6N6O2S. The molecule has 0 saturated heterocycles. The number of H-pyrrole nitrogens is 1. The van der Waals surface area contributed by atoms with Crippen LogP contribution in [0.15, 0.2) is 21.1 Å². The van der Waals surface area contributed by atoms with E-state index in [0.29, 0.717) is 0 Å². The fraction of sp³-hybridized carbons (Fsp3) is 0. The molecule has 78 valence electrons. The van der Waals surface area contributed by atoms with Crippen LogP contribution >= 0.6 is 11.8 Å². The van der Waals surface area contributed by atoms with Crippen LogP contribution in [0.1, 0.15) is 0 Å². The average molecular weight is 226 g/mol. The number of hydrogen-bond donors (Lipinski definition) is 3. The fourth-order valence-electron chi connectivity index (χ4n) is 1.03. The summed E-state index contributed by atoms with van der Waals surface area (Å²) in [6.07, 6.45) is 1.22. The predicted octanol–water partition coefficient (Wildman–Crippen LogP) is -0.883. The minimum atomic E-state index is -0.474. The SMILES string of the molecule is NN=CSc1c(O)n2ncnc2[nH]c1=O. The van der Waals surface area contributed by atoms with Crippen molar-refractivity contribution >= 4 is 23.1 Å². The molecule has 9 heteroatoms. The van der Waals surface area contributed by atoms with Crippen molar-refractivity contribution in [2.45, 2.75) is 4.90 Å². The van der Waals surface area contributed by atoms with E-state index in [1.807, 2.05) is 0 Å². The third-order valence-electron chi connectivity index (χ3n) is 1.61. The maximum absolute atomic E-state index is 11.4. The van der Waals surface area contributed by atoms with Crippen LogP contribution in [0.2, 0.25) is 0 Å². The topological polar surface area (TPSA) is 122 Å². The van der Waals surface area contributed by atoms with E-state index in [1.54, 1.807) is 0 Å². The third-order valence-corrected chi connectivity index (χ3v) is 2.45. The minimum Gasteiger partial charge on any atom is -0.492 e. The number of nitrogens with two attached hydrogens (primary N) is 1. The van der Waals surface area contributed by atoms with E-state index >= 15 is 0 Å². The summed E-state index contributed by atoms with van der Waals surface area (Å²) in [5.74, 6) is 4.77. The molecule has 2 aromatic heterocycles. The molecule has 0 bridgehead atoms. The number of nitrogens with zero attached hydrogens (tertiary/aromatic N) is 4. The number of rotatable bonds is 2. The van der Waals surface area contributed by atoms with Crippen molar-refractivity contribution in [3.05, 3.63) is 16.7 Å². The summed E-state index contributed by atoms with van der Waals surface area (Å²) in [5, 5.41) is 16.6. The highest BCUT2D eigenvalue weighted by Crippen LogP contribution is 2.21. The number of thioether (sulfide) groups is 1. The van der Waals surface area contributed by atoms with E-state index in [0.717, 1.165) is 16.3 Å². The molecule has 0 aliphatic carbocycles. The maximum atomic E-state index is 11.4. The van der Waals surface area contributed by atoms with Crippen molar-refractivity contribution < 1.29 is 5.11 Å². The molecule has 0 aliphatic rings. The summed E-state index contributed by atoms with van der Waals surface area (Å²) in [6, 6.07) is 0. The molecule has 8 nitrogen and oxygen atoms in total. The van der Waals surface area contributed by atoms with E-state index in [4.69, 9.17) is 5.84 Å². The van der Waals surface area contributed by atoms with Gasteiger partial charge in [0, 0.05) is 0 Å². The van der Waals surface area contributed by atoms with Gasteiger partial charge in [-0.1, -0.05) is 11.8 Å². The Morgan fingerprint density at radius 3 is 3.27 bits per heavy atom. The first-order chi connectivity index (χ1) is 7.24. The van der Waals surface area contributed by atoms with Gasteiger partial charge >= 0.3 is 0 Å². The number of fused-ring (bicyclic) bond motifs is 1. The second-order valence-electron chi connectivity index (χ2n) is 2.47. The second-order valence-corrected chi connectivity index (χ2v) is 3.33. The van der Waals surface area contributed by atoms with Crippen LogP contribution in [0.5, 0.6) is 5.88 Å². The first-order valence-corrected chi connectivity index (χ1v) is 4.65. The van der Waals surface area contributed by atoms with Gasteiger partial charge < -0.3 is 10.9 Å². The highest BCUT2D eigenvalue weighted by Gasteiger charge is 2.12. The third kappa shape index (κ3) is 1.52. The van der Waals surface area contributed by atoms with Crippen molar-refractivity contribution in [2.24, 2.45) is 10.9 Å². The molecule has 2 rings (SSSR count). The summed E-state index contributed by atoms with van der Waals surface area (Å²) in [4.78, 5) is 17.7. The second kappa shape index (κ2) is 3.61. The molecule has 15 heavy (non-hydrogen) atoms. The van der Waals surface area contributed by atoms with Gasteiger partial charge in [0.05, 0.1) is 5.55 Å². The van der Waals surface area contributed by atoms with Crippen molar-refractivity contribution in [3.8, 4) is 5.88 Å². The van der Waals surface area contributed by atoms with Crippen LogP contribution < -0.4 is 11.4 Å². The van der Waals surface area contributed by atoms with Gasteiger partial charge in [-0.25, -0.2) is 0 Å². The maximum Gasteiger partial charge on any atom is 0.270 e. The number of aromatic amines is 1. The van der Waals surface area contributed by atoms with Gasteiger partial charge in [0.2, 0.25) is 11.7 Å². The molecular weight excluding hydrogens is 220 g/mol. The molecule has 0 amide bonds. The Hall–Kier alpha value is -2.03. The largest absolute Gasteiger partial charge is 0.492 e. The molecule has 2 heterocycles. The number of aromatic nitrogens is 4. The Morgan fingerprint density at radius 1 is 1.73 bits per heavy atom. The Bertz CT molecular complexity index is 572. The van der Waals surface area contributed by atoms with Crippen LogP contribution in [0.3, 0.4) is 0 Å². The lowest BCUT2D eigenvalue weighted by Crippen LogP contribution is -2.12. The zero-order valence-electron chi connectivity index (χ0n) is 7.28. The molecule has 2 aromatic rings. The van der Waals surface area contributed by atoms with Gasteiger partial charge in [0.1, 0.15) is 11.2 Å². The monoisotopic (exact) mass is 226 g/mol. The van der Waals surface area contributed by atoms with E-state index in [-0.39, 0.29) is 16.6 Å². The smallest absolute Gasteiger partial charge is 0.270 e. The summed E-state index contributed by atoms with van der Waals surface area (Å²) >= 11 is 0.893. The zero-order valence-corrected chi connectivity index (χ0v) is 8.10. The number of hydrogen-bond acceptors (Lipinski definition) is 7. The van der Waals surface area contributed by atoms with Gasteiger partial charge in [-0.3, -0.25) is 9.78 Å². The van der Waals surface area contributed by atoms with Gasteiger partial charge in [0.15, 0.2) is 0 Å². The zero-order chi connectivity index (χ0) is 10.8. The Kier molecular flexibility index (Phi) is 2.29. The summed E-state index contributed by atoms with van der Waals surface area (Å²) in [7, 11) is 0. The van der Waals surface area contributed by atoms with Crippen LogP contribution in [-0.2, 0) is 0 Å². The van der Waals surface area contributed by atoms with Crippen LogP contribution in [0, 0.1) is 0 Å². The molecule has 0 saturated carbocycles. The lowest BCUT2D eigenvalue weighted by atomic mass is 10.6. The molecule has 0 aliphatic heterocycles. The minimum absolute atomic E-state index is 0.0576. The van der Waals surface area contributed by atoms with Crippen LogP contribution in [0.4, 0.5) is 0 Å². The van der Waals surface area contributed by atoms with E-state index in [1.165, 1.54) is 11.9 Å². The summed E-state index contributed by atoms with van der Waals surface area (Å²) < 4.78 is 1.11. The lowest BCUT2D eigenvalue weighted by Gasteiger charge is -2.00. The molecule has 0 atom stereocenters. The predicted molar refractivity (Wildman–Crippen MR) is 53.8 cm³/mol. The molecule has 0 unspecified atom stereocenters. The van der Waals surface area contributed by atoms with Crippen LogP contribution in [0.25, 0.3) is 5.78 Å². The first kappa shape index (κ1) is 9.52. The Morgan fingerprint density at radius 2 is 2.53 bits per heavy atom. The van der Waals surface area contributed by atoms with Crippen molar-refractivity contribution in [3.63, 3.8) is 0 Å². The van der Waals surface area contributed by atoms with Crippen LogP contribution in [-0.4, -0.2) is 30.2 Å². The number of aromatic hydroxyl groups is 1. The Balaban J connectivity index is 2.67. The van der Waals surface area contributed by atoms with E-state index in [2.05, 4.69) is 20.2 Å². The quantitative estimate of drug-likeness (QED) is 0.201. The molecule has 0 radical (unpaired) electrons. The van der Waals surface area contributed by atoms with Gasteiger partial charge in [-0.15, -0.1) is 0 Å². The van der Waals surface area contributed by atoms with Gasteiger partial charge in [-0.2, -0.15) is 19.7 Å². The highest BCUT2D eigenvalue weighted by atomic mass is 32.2. The summed E-state index contributed by atoms with van der Waals surface area (Å²) in [6.45, 7) is 0. The van der Waals surface area contributed by atoms with Crippen molar-refractivity contribution in [1.82, 2.24) is 19.6 Å². The molecule has 4 N–H and O–H groups in total. The Labute approximate surface area is 86.8 Å². The molecule has 0 fully saturated rings. The molecule has 0 spiro atoms. The summed E-state index contributed by atoms with van der Waals surface area (Å²) in [5.41, 5.74) is 0.755. The van der Waals surface area contributed by atoms with Crippen molar-refractivity contribution in [1.29, 1.82) is 0 Å². The van der Waals surface area contributed by atoms with Crippen molar-refractivity contribution in [2.75, 3.05) is 0 Å². The fourth-order valence-corrected chi connectivity index (χ4v) is 1.54. The number of nitrogens with one attached hydrogen (secondary N) is 1. The highest BCUT2D eigenvalue weighted by molar-refractivity contribution is 8.12. The van der Waals surface area contributed by atoms with E-state index in [9.17, 15) is 9.90 Å². The number of hydrazone groups is 1. The van der Waals surface area contributed by atoms with Gasteiger partial charge in [-0.05, 0) is 0 Å². The average Bonchev–Trinajstić information content (AvgIpc) is 2.65. The van der Waals surface area contributed by atoms with Gasteiger partial charge in [0.25, 0.3) is 5.56 Å². The normalized spacial score (nSPS) is 11.5. The lowest BCUT2D eigenvalue weighted by molar-refractivity contribution is 0.419. The standard InChI is InChI=1S/C6H6N6O2S/c7-9-2-15-3-4(13)11-6-8-1-10-12(6)5(3)14/h1-2,14H,7H2,(H,8,10,11,13).